The summed E-state index contributed by atoms with van der Waals surface area (Å²) in [5.74, 6) is -1.58. The van der Waals surface area contributed by atoms with Crippen molar-refractivity contribution in [2.75, 3.05) is 18.9 Å². The van der Waals surface area contributed by atoms with Crippen molar-refractivity contribution in [1.29, 1.82) is 0 Å². The Labute approximate surface area is 183 Å². The standard InChI is InChI=1S/C22H23FN4O5/c1-3-19(28)26-20(29)12-27-11-16-15(21(27)30)5-4-6-18(16)25-10-13-9-14(7-8-17(13)23)32-22(31)24-2/h4-9,25H,3,10-12H2,1-2H3,(H,24,31)(H,26,28,29). The number of carbonyl (C=O) groups excluding carboxylic acids is 4. The SMILES string of the molecule is CCC(=O)NC(=O)CN1Cc2c(NCc3cc(OC(=O)NC)ccc3F)cccc2C1=O. The van der Waals surface area contributed by atoms with Gasteiger partial charge in [-0.25, -0.2) is 9.18 Å². The number of imide groups is 1. The van der Waals surface area contributed by atoms with E-state index < -0.39 is 23.7 Å². The van der Waals surface area contributed by atoms with Gasteiger partial charge in [-0.2, -0.15) is 0 Å². The molecule has 0 saturated heterocycles. The number of hydrogen-bond acceptors (Lipinski definition) is 6. The van der Waals surface area contributed by atoms with Gasteiger partial charge in [-0.05, 0) is 30.3 Å². The lowest BCUT2D eigenvalue weighted by Crippen LogP contribution is -2.39. The lowest BCUT2D eigenvalue weighted by Gasteiger charge is -2.15. The second kappa shape index (κ2) is 9.90. The molecule has 10 heteroatoms. The number of nitrogens with one attached hydrogen (secondary N) is 3. The molecule has 2 aromatic carbocycles. The minimum absolute atomic E-state index is 0.0763. The highest BCUT2D eigenvalue weighted by Gasteiger charge is 2.30. The fourth-order valence-electron chi connectivity index (χ4n) is 3.24. The van der Waals surface area contributed by atoms with E-state index in [4.69, 9.17) is 4.74 Å². The van der Waals surface area contributed by atoms with E-state index in [1.165, 1.54) is 30.1 Å². The third-order valence-electron chi connectivity index (χ3n) is 4.88. The maximum atomic E-state index is 14.2. The van der Waals surface area contributed by atoms with E-state index in [2.05, 4.69) is 16.0 Å². The van der Waals surface area contributed by atoms with Crippen molar-refractivity contribution in [2.24, 2.45) is 0 Å². The van der Waals surface area contributed by atoms with E-state index in [-0.39, 0.29) is 43.3 Å². The average Bonchev–Trinajstić information content (AvgIpc) is 3.09. The number of nitrogens with zero attached hydrogens (tertiary/aromatic N) is 1. The van der Waals surface area contributed by atoms with Gasteiger partial charge in [-0.15, -0.1) is 0 Å². The first kappa shape index (κ1) is 22.7. The number of fused-ring (bicyclic) bond motifs is 1. The molecule has 1 aliphatic heterocycles. The highest BCUT2D eigenvalue weighted by Crippen LogP contribution is 2.30. The van der Waals surface area contributed by atoms with Crippen LogP contribution >= 0.6 is 0 Å². The van der Waals surface area contributed by atoms with Crippen molar-refractivity contribution in [3.63, 3.8) is 0 Å². The predicted molar refractivity (Wildman–Crippen MR) is 113 cm³/mol. The summed E-state index contributed by atoms with van der Waals surface area (Å²) in [6, 6.07) is 9.04. The van der Waals surface area contributed by atoms with Crippen LogP contribution in [0.1, 0.15) is 34.8 Å². The third-order valence-corrected chi connectivity index (χ3v) is 4.88. The van der Waals surface area contributed by atoms with Gasteiger partial charge in [0.25, 0.3) is 5.91 Å². The maximum Gasteiger partial charge on any atom is 0.412 e. The molecule has 0 unspecified atom stereocenters. The van der Waals surface area contributed by atoms with Gasteiger partial charge in [-0.1, -0.05) is 13.0 Å². The Bertz CT molecular complexity index is 1070. The van der Waals surface area contributed by atoms with Crippen LogP contribution in [0.15, 0.2) is 36.4 Å². The van der Waals surface area contributed by atoms with Gasteiger partial charge in [0.15, 0.2) is 0 Å². The first-order valence-corrected chi connectivity index (χ1v) is 9.98. The number of benzene rings is 2. The summed E-state index contributed by atoms with van der Waals surface area (Å²) >= 11 is 0. The fourth-order valence-corrected chi connectivity index (χ4v) is 3.24. The predicted octanol–water partition coefficient (Wildman–Crippen LogP) is 2.16. The molecule has 1 aliphatic rings. The minimum Gasteiger partial charge on any atom is -0.410 e. The van der Waals surface area contributed by atoms with E-state index in [1.807, 2.05) is 0 Å². The normalized spacial score (nSPS) is 12.2. The number of amides is 4. The Kier molecular flexibility index (Phi) is 7.04. The second-order valence-electron chi connectivity index (χ2n) is 7.06. The Balaban J connectivity index is 1.71. The molecule has 2 aromatic rings. The van der Waals surface area contributed by atoms with E-state index in [9.17, 15) is 23.6 Å². The van der Waals surface area contributed by atoms with Crippen molar-refractivity contribution in [1.82, 2.24) is 15.5 Å². The molecule has 3 N–H and O–H groups in total. The van der Waals surface area contributed by atoms with Crippen LogP contribution in [0, 0.1) is 5.82 Å². The molecule has 0 atom stereocenters. The van der Waals surface area contributed by atoms with Crippen molar-refractivity contribution in [3.05, 3.63) is 58.9 Å². The minimum atomic E-state index is -0.667. The monoisotopic (exact) mass is 442 g/mol. The average molecular weight is 442 g/mol. The fraction of sp³-hybridized carbons (Fsp3) is 0.273. The largest absolute Gasteiger partial charge is 0.412 e. The van der Waals surface area contributed by atoms with Crippen molar-refractivity contribution in [2.45, 2.75) is 26.4 Å². The van der Waals surface area contributed by atoms with Crippen LogP contribution in [0.25, 0.3) is 0 Å². The number of hydrogen-bond donors (Lipinski definition) is 3. The number of rotatable bonds is 7. The molecule has 9 nitrogen and oxygen atoms in total. The summed E-state index contributed by atoms with van der Waals surface area (Å²) in [6.07, 6.45) is -0.500. The molecule has 3 rings (SSSR count). The van der Waals surface area contributed by atoms with Gasteiger partial charge in [0.05, 0.1) is 0 Å². The summed E-state index contributed by atoms with van der Waals surface area (Å²) < 4.78 is 19.3. The van der Waals surface area contributed by atoms with Crippen LogP contribution in [0.5, 0.6) is 5.75 Å². The zero-order valence-electron chi connectivity index (χ0n) is 17.7. The highest BCUT2D eigenvalue weighted by atomic mass is 19.1. The molecular weight excluding hydrogens is 419 g/mol. The maximum absolute atomic E-state index is 14.2. The first-order chi connectivity index (χ1) is 15.3. The van der Waals surface area contributed by atoms with Crippen LogP contribution in [0.2, 0.25) is 0 Å². The lowest BCUT2D eigenvalue weighted by molar-refractivity contribution is -0.130. The van der Waals surface area contributed by atoms with E-state index in [0.29, 0.717) is 16.8 Å². The summed E-state index contributed by atoms with van der Waals surface area (Å²) in [5.41, 5.74) is 1.98. The molecule has 0 saturated carbocycles. The number of anilines is 1. The number of halogens is 1. The van der Waals surface area contributed by atoms with Gasteiger partial charge in [-0.3, -0.25) is 19.7 Å². The molecule has 0 bridgehead atoms. The summed E-state index contributed by atoms with van der Waals surface area (Å²) in [6.45, 7) is 1.63. The molecule has 4 amide bonds. The molecule has 1 heterocycles. The highest BCUT2D eigenvalue weighted by molar-refractivity contribution is 6.03. The number of carbonyl (C=O) groups is 4. The molecule has 0 spiro atoms. The Morgan fingerprint density at radius 2 is 1.94 bits per heavy atom. The lowest BCUT2D eigenvalue weighted by atomic mass is 10.1. The molecule has 0 radical (unpaired) electrons. The third kappa shape index (κ3) is 5.20. The van der Waals surface area contributed by atoms with Crippen LogP contribution in [0.4, 0.5) is 14.9 Å². The number of ether oxygens (including phenoxy) is 1. The molecule has 0 fully saturated rings. The van der Waals surface area contributed by atoms with Crippen molar-refractivity contribution >= 4 is 29.5 Å². The van der Waals surface area contributed by atoms with Gasteiger partial charge in [0.1, 0.15) is 18.1 Å². The van der Waals surface area contributed by atoms with Gasteiger partial charge in [0, 0.05) is 48.9 Å². The second-order valence-corrected chi connectivity index (χ2v) is 7.06. The van der Waals surface area contributed by atoms with Crippen molar-refractivity contribution in [3.8, 4) is 5.75 Å². The molecular formula is C22H23FN4O5. The zero-order chi connectivity index (χ0) is 23.3. The Morgan fingerprint density at radius 1 is 1.16 bits per heavy atom. The first-order valence-electron chi connectivity index (χ1n) is 9.98. The van der Waals surface area contributed by atoms with Crippen molar-refractivity contribution < 1.29 is 28.3 Å². The summed E-state index contributed by atoms with van der Waals surface area (Å²) in [4.78, 5) is 48.8. The van der Waals surface area contributed by atoms with Crippen LogP contribution < -0.4 is 20.7 Å². The van der Waals surface area contributed by atoms with Gasteiger partial charge in [0.2, 0.25) is 11.8 Å². The smallest absolute Gasteiger partial charge is 0.410 e. The van der Waals surface area contributed by atoms with Gasteiger partial charge < -0.3 is 20.3 Å². The van der Waals surface area contributed by atoms with Crippen LogP contribution in [-0.2, 0) is 22.7 Å². The van der Waals surface area contributed by atoms with E-state index in [0.717, 1.165) is 0 Å². The zero-order valence-corrected chi connectivity index (χ0v) is 17.7. The summed E-state index contributed by atoms with van der Waals surface area (Å²) in [5, 5.41) is 7.64. The van der Waals surface area contributed by atoms with Gasteiger partial charge >= 0.3 is 6.09 Å². The molecule has 32 heavy (non-hydrogen) atoms. The molecule has 0 aliphatic carbocycles. The Hall–Kier alpha value is -3.95. The van der Waals surface area contributed by atoms with E-state index >= 15 is 0 Å². The molecule has 168 valence electrons. The quantitative estimate of drug-likeness (QED) is 0.605. The Morgan fingerprint density at radius 3 is 2.66 bits per heavy atom. The van der Waals surface area contributed by atoms with Crippen LogP contribution in [0.3, 0.4) is 0 Å². The van der Waals surface area contributed by atoms with E-state index in [1.54, 1.807) is 25.1 Å². The summed E-state index contributed by atoms with van der Waals surface area (Å²) in [7, 11) is 1.42. The molecule has 0 aromatic heterocycles. The van der Waals surface area contributed by atoms with Crippen LogP contribution in [-0.4, -0.2) is 42.3 Å². The topological polar surface area (TPSA) is 117 Å².